The Hall–Kier alpha value is -3.31. The average Bonchev–Trinajstić information content (AvgIpc) is 3.27. The molecule has 1 aromatic heterocycles. The smallest absolute Gasteiger partial charge is 0.340 e. The summed E-state index contributed by atoms with van der Waals surface area (Å²) in [5.41, 5.74) is 2.61. The van der Waals surface area contributed by atoms with Crippen LogP contribution < -0.4 is 4.18 Å². The molecular formula is C33H37Cl2N3O5S2. The molecule has 4 rings (SSSR count). The molecule has 0 aliphatic heterocycles. The van der Waals surface area contributed by atoms with Crippen LogP contribution >= 0.6 is 35.0 Å². The second-order valence-corrected chi connectivity index (χ2v) is 13.5. The molecule has 1 amide bonds. The molecule has 0 saturated carbocycles. The monoisotopic (exact) mass is 689 g/mol. The van der Waals surface area contributed by atoms with Crippen molar-refractivity contribution in [3.63, 3.8) is 0 Å². The first-order valence-corrected chi connectivity index (χ1v) is 17.5. The van der Waals surface area contributed by atoms with Gasteiger partial charge in [0.1, 0.15) is 10.5 Å². The summed E-state index contributed by atoms with van der Waals surface area (Å²) >= 11 is 13.4. The lowest BCUT2D eigenvalue weighted by molar-refractivity contribution is 0.103. The fourth-order valence-electron chi connectivity index (χ4n) is 4.30. The second kappa shape index (κ2) is 16.8. The summed E-state index contributed by atoms with van der Waals surface area (Å²) < 4.78 is 31.9. The molecule has 4 aromatic rings. The summed E-state index contributed by atoms with van der Waals surface area (Å²) in [6, 6.07) is 20.8. The minimum atomic E-state index is -4.16. The topological polar surface area (TPSA) is 98.6 Å². The fourth-order valence-corrected chi connectivity index (χ4v) is 6.61. The van der Waals surface area contributed by atoms with Gasteiger partial charge in [-0.25, -0.2) is 4.68 Å². The maximum atomic E-state index is 13.0. The van der Waals surface area contributed by atoms with E-state index in [1.807, 2.05) is 30.0 Å². The Labute approximate surface area is 279 Å². The van der Waals surface area contributed by atoms with Crippen molar-refractivity contribution in [3.05, 3.63) is 111 Å². The number of aromatic nitrogens is 2. The lowest BCUT2D eigenvalue weighted by Gasteiger charge is -2.20. The first kappa shape index (κ1) is 36.2. The molecule has 0 aliphatic carbocycles. The highest BCUT2D eigenvalue weighted by Crippen LogP contribution is 2.31. The van der Waals surface area contributed by atoms with Gasteiger partial charge in [-0.15, -0.1) is 0 Å². The molecule has 0 unspecified atom stereocenters. The molecule has 12 heteroatoms. The first-order valence-electron chi connectivity index (χ1n) is 14.4. The highest BCUT2D eigenvalue weighted by atomic mass is 35.5. The van der Waals surface area contributed by atoms with E-state index in [-0.39, 0.29) is 32.2 Å². The van der Waals surface area contributed by atoms with Crippen molar-refractivity contribution in [1.29, 1.82) is 0 Å². The summed E-state index contributed by atoms with van der Waals surface area (Å²) in [4.78, 5) is 27.0. The SMILES string of the molecule is CCCN(CCC)C(=O)SCc1ccccc1.Cc1ccc(S(=O)(=O)Oc2c(C(=O)c3ccc(Cl)cc3Cl)c(C)nn2C)cc1. The number of hydrogen-bond acceptors (Lipinski definition) is 7. The number of thioether (sulfide) groups is 1. The molecule has 0 bridgehead atoms. The second-order valence-electron chi connectivity index (χ2n) is 10.2. The van der Waals surface area contributed by atoms with E-state index in [0.29, 0.717) is 10.7 Å². The molecule has 45 heavy (non-hydrogen) atoms. The Balaban J connectivity index is 0.000000279. The molecule has 0 spiro atoms. The first-order chi connectivity index (χ1) is 21.4. The van der Waals surface area contributed by atoms with E-state index in [1.165, 1.54) is 59.4 Å². The normalized spacial score (nSPS) is 11.0. The van der Waals surface area contributed by atoms with Gasteiger partial charge in [-0.3, -0.25) is 9.59 Å². The minimum absolute atomic E-state index is 0.0161. The number of benzene rings is 3. The van der Waals surface area contributed by atoms with Crippen LogP contribution in [0.4, 0.5) is 4.79 Å². The number of nitrogens with zero attached hydrogens (tertiary/aromatic N) is 3. The lowest BCUT2D eigenvalue weighted by atomic mass is 10.0. The van der Waals surface area contributed by atoms with Gasteiger partial charge >= 0.3 is 10.1 Å². The van der Waals surface area contributed by atoms with Gasteiger partial charge in [0, 0.05) is 36.5 Å². The Kier molecular flexibility index (Phi) is 13.5. The highest BCUT2D eigenvalue weighted by Gasteiger charge is 2.29. The third kappa shape index (κ3) is 10.1. The van der Waals surface area contributed by atoms with Crippen molar-refractivity contribution < 1.29 is 22.2 Å². The van der Waals surface area contributed by atoms with Crippen LogP contribution in [-0.4, -0.2) is 47.2 Å². The van der Waals surface area contributed by atoms with E-state index < -0.39 is 15.9 Å². The predicted octanol–water partition coefficient (Wildman–Crippen LogP) is 8.50. The highest BCUT2D eigenvalue weighted by molar-refractivity contribution is 8.12. The van der Waals surface area contributed by atoms with E-state index in [9.17, 15) is 18.0 Å². The van der Waals surface area contributed by atoms with Crippen LogP contribution in [-0.2, 0) is 22.9 Å². The van der Waals surface area contributed by atoms with E-state index in [2.05, 4.69) is 31.1 Å². The van der Waals surface area contributed by atoms with Gasteiger partial charge in [0.25, 0.3) is 5.24 Å². The van der Waals surface area contributed by atoms with Gasteiger partial charge in [0.15, 0.2) is 0 Å². The number of hydrogen-bond donors (Lipinski definition) is 0. The summed E-state index contributed by atoms with van der Waals surface area (Å²) in [7, 11) is -2.67. The van der Waals surface area contributed by atoms with Crippen molar-refractivity contribution in [2.75, 3.05) is 13.1 Å². The molecule has 1 heterocycles. The third-order valence-electron chi connectivity index (χ3n) is 6.52. The molecule has 0 radical (unpaired) electrons. The molecule has 0 atom stereocenters. The van der Waals surface area contributed by atoms with Gasteiger partial charge in [0.2, 0.25) is 11.7 Å². The van der Waals surface area contributed by atoms with Crippen LogP contribution in [0.1, 0.15) is 59.4 Å². The van der Waals surface area contributed by atoms with Crippen LogP contribution in [0.25, 0.3) is 0 Å². The number of carbonyl (C=O) groups excluding carboxylic acids is 2. The van der Waals surface area contributed by atoms with Gasteiger partial charge < -0.3 is 9.08 Å². The van der Waals surface area contributed by atoms with Crippen molar-refractivity contribution in [2.45, 2.75) is 51.2 Å². The zero-order chi connectivity index (χ0) is 33.1. The zero-order valence-corrected chi connectivity index (χ0v) is 29.1. The Bertz CT molecular complexity index is 1700. The number of rotatable bonds is 11. The maximum Gasteiger partial charge on any atom is 0.340 e. The van der Waals surface area contributed by atoms with E-state index in [1.54, 1.807) is 19.1 Å². The van der Waals surface area contributed by atoms with Gasteiger partial charge in [0.05, 0.1) is 10.7 Å². The van der Waals surface area contributed by atoms with Crippen LogP contribution in [0.3, 0.4) is 0 Å². The fraction of sp³-hybridized carbons (Fsp3) is 0.303. The van der Waals surface area contributed by atoms with E-state index in [0.717, 1.165) is 37.2 Å². The van der Waals surface area contributed by atoms with E-state index >= 15 is 0 Å². The molecule has 3 aromatic carbocycles. The predicted molar refractivity (Wildman–Crippen MR) is 182 cm³/mol. The summed E-state index contributed by atoms with van der Waals surface area (Å²) in [5.74, 6) is 0.0688. The lowest BCUT2D eigenvalue weighted by Crippen LogP contribution is -2.29. The molecule has 0 N–H and O–H groups in total. The van der Waals surface area contributed by atoms with Crippen LogP contribution in [0, 0.1) is 13.8 Å². The Morgan fingerprint density at radius 1 is 0.933 bits per heavy atom. The number of carbonyl (C=O) groups is 2. The molecule has 0 fully saturated rings. The standard InChI is InChI=1S/C19H16Cl2N2O4S.C14H21NOS/c1-11-4-7-14(8-5-11)28(25,26)27-19-17(12(2)22-23(19)3)18(24)15-9-6-13(20)10-16(15)21;1-3-10-15(11-4-2)14(16)17-12-13-8-6-5-7-9-13/h4-10H,1-3H3;5-9H,3-4,10-12H2,1-2H3. The van der Waals surface area contributed by atoms with Crippen molar-refractivity contribution in [2.24, 2.45) is 7.05 Å². The van der Waals surface area contributed by atoms with Crippen molar-refractivity contribution in [1.82, 2.24) is 14.7 Å². The average molecular weight is 691 g/mol. The number of amides is 1. The largest absolute Gasteiger partial charge is 0.358 e. The number of ketones is 1. The quantitative estimate of drug-likeness (QED) is 0.115. The Morgan fingerprint density at radius 2 is 1.56 bits per heavy atom. The van der Waals surface area contributed by atoms with Gasteiger partial charge in [-0.05, 0) is 62.6 Å². The molecule has 8 nitrogen and oxygen atoms in total. The van der Waals surface area contributed by atoms with Crippen molar-refractivity contribution >= 4 is 56.1 Å². The molecular weight excluding hydrogens is 653 g/mol. The molecule has 0 saturated heterocycles. The summed E-state index contributed by atoms with van der Waals surface area (Å²) in [6.45, 7) is 9.38. The van der Waals surface area contributed by atoms with Crippen LogP contribution in [0.15, 0.2) is 77.7 Å². The van der Waals surface area contributed by atoms with Gasteiger partial charge in [-0.1, -0.05) is 96.8 Å². The third-order valence-corrected chi connectivity index (χ3v) is 9.28. The number of aryl methyl sites for hydroxylation is 3. The number of halogens is 2. The summed E-state index contributed by atoms with van der Waals surface area (Å²) in [5, 5.41) is 4.86. The zero-order valence-electron chi connectivity index (χ0n) is 25.9. The van der Waals surface area contributed by atoms with Gasteiger partial charge in [-0.2, -0.15) is 13.5 Å². The van der Waals surface area contributed by atoms with Crippen LogP contribution in [0.5, 0.6) is 5.88 Å². The molecule has 240 valence electrons. The minimum Gasteiger partial charge on any atom is -0.358 e. The van der Waals surface area contributed by atoms with Crippen LogP contribution in [0.2, 0.25) is 10.0 Å². The summed E-state index contributed by atoms with van der Waals surface area (Å²) in [6.07, 6.45) is 2.05. The molecule has 0 aliphatic rings. The van der Waals surface area contributed by atoms with Crippen molar-refractivity contribution in [3.8, 4) is 5.88 Å². The Morgan fingerprint density at radius 3 is 2.13 bits per heavy atom. The van der Waals surface area contributed by atoms with E-state index in [4.69, 9.17) is 27.4 Å². The maximum absolute atomic E-state index is 13.0.